The SMILES string of the molecule is Cc1sc2c(c1C)C(c1ccc(Cl)cc1)=N[C@@H](CC(=O)CCCCCNc1ncccc1-c1ccc3c(c1)CC(=O)C3)c1nnc(C)n1-2. The quantitative estimate of drug-likeness (QED) is 0.142. The molecular weight excluding hydrogens is 640 g/mol. The van der Waals surface area contributed by atoms with Crippen LogP contribution in [-0.2, 0) is 22.4 Å². The summed E-state index contributed by atoms with van der Waals surface area (Å²) in [6.07, 6.45) is 6.21. The number of nitrogens with one attached hydrogen (secondary N) is 1. The Kier molecular flexibility index (Phi) is 9.07. The van der Waals surface area contributed by atoms with Gasteiger partial charge in [-0.25, -0.2) is 4.98 Å². The van der Waals surface area contributed by atoms with E-state index in [1.807, 2.05) is 37.3 Å². The number of thiophene rings is 1. The maximum atomic E-state index is 13.4. The summed E-state index contributed by atoms with van der Waals surface area (Å²) < 4.78 is 2.09. The van der Waals surface area contributed by atoms with Crippen molar-refractivity contribution >= 4 is 46.0 Å². The Hall–Kier alpha value is -4.47. The van der Waals surface area contributed by atoms with Crippen molar-refractivity contribution in [1.82, 2.24) is 19.7 Å². The summed E-state index contributed by atoms with van der Waals surface area (Å²) in [4.78, 5) is 36.4. The van der Waals surface area contributed by atoms with Gasteiger partial charge in [0.1, 0.15) is 34.3 Å². The van der Waals surface area contributed by atoms with Crippen LogP contribution in [0.1, 0.15) is 82.5 Å². The number of anilines is 1. The van der Waals surface area contributed by atoms with Crippen LogP contribution in [0.15, 0.2) is 65.8 Å². The molecule has 1 N–H and O–H groups in total. The van der Waals surface area contributed by atoms with E-state index in [1.54, 1.807) is 17.5 Å². The number of aliphatic imine (C=N–C) groups is 1. The van der Waals surface area contributed by atoms with Crippen LogP contribution in [-0.4, -0.2) is 43.6 Å². The number of aryl methyl sites for hydroxylation is 2. The summed E-state index contributed by atoms with van der Waals surface area (Å²) in [5.74, 6) is 2.76. The summed E-state index contributed by atoms with van der Waals surface area (Å²) in [6, 6.07) is 17.6. The summed E-state index contributed by atoms with van der Waals surface area (Å²) in [5, 5.41) is 14.1. The molecule has 0 amide bonds. The summed E-state index contributed by atoms with van der Waals surface area (Å²) in [7, 11) is 0. The Morgan fingerprint density at radius 1 is 0.979 bits per heavy atom. The number of unbranched alkanes of at least 4 members (excludes halogenated alkanes) is 2. The molecule has 0 spiro atoms. The van der Waals surface area contributed by atoms with E-state index in [2.05, 4.69) is 63.2 Å². The number of ketones is 2. The highest BCUT2D eigenvalue weighted by Crippen LogP contribution is 2.40. The predicted molar refractivity (Wildman–Crippen MR) is 192 cm³/mol. The van der Waals surface area contributed by atoms with Crippen LogP contribution in [0.3, 0.4) is 0 Å². The van der Waals surface area contributed by atoms with E-state index in [1.165, 1.54) is 10.4 Å². The van der Waals surface area contributed by atoms with Crippen molar-refractivity contribution in [3.8, 4) is 16.1 Å². The normalized spacial score (nSPS) is 15.0. The zero-order valence-corrected chi connectivity index (χ0v) is 28.9. The third kappa shape index (κ3) is 6.36. The van der Waals surface area contributed by atoms with Gasteiger partial charge in [0.25, 0.3) is 0 Å². The van der Waals surface area contributed by atoms with Gasteiger partial charge in [-0.05, 0) is 80.1 Å². The number of hydrogen-bond acceptors (Lipinski definition) is 8. The van der Waals surface area contributed by atoms with Gasteiger partial charge in [0.05, 0.1) is 5.71 Å². The minimum atomic E-state index is -0.440. The maximum absolute atomic E-state index is 13.4. The lowest BCUT2D eigenvalue weighted by molar-refractivity contribution is -0.119. The molecule has 0 unspecified atom stereocenters. The second-order valence-electron chi connectivity index (χ2n) is 12.7. The number of carbonyl (C=O) groups excluding carboxylic acids is 2. The molecule has 8 nitrogen and oxygen atoms in total. The third-order valence-electron chi connectivity index (χ3n) is 9.30. The van der Waals surface area contributed by atoms with Crippen LogP contribution in [0, 0.1) is 20.8 Å². The number of nitrogens with zero attached hydrogens (tertiary/aromatic N) is 5. The topological polar surface area (TPSA) is 102 Å². The smallest absolute Gasteiger partial charge is 0.163 e. The maximum Gasteiger partial charge on any atom is 0.163 e. The van der Waals surface area contributed by atoms with Gasteiger partial charge in [-0.2, -0.15) is 0 Å². The first-order valence-corrected chi connectivity index (χ1v) is 17.7. The van der Waals surface area contributed by atoms with Crippen molar-refractivity contribution < 1.29 is 9.59 Å². The van der Waals surface area contributed by atoms with Gasteiger partial charge < -0.3 is 5.32 Å². The molecule has 0 saturated carbocycles. The minimum Gasteiger partial charge on any atom is -0.370 e. The number of benzene rings is 2. The molecule has 0 fully saturated rings. The molecule has 0 saturated heterocycles. The molecule has 48 heavy (non-hydrogen) atoms. The highest BCUT2D eigenvalue weighted by Gasteiger charge is 2.32. The Labute approximate surface area is 289 Å². The first kappa shape index (κ1) is 32.1. The van der Waals surface area contributed by atoms with Crippen LogP contribution in [0.2, 0.25) is 5.02 Å². The lowest BCUT2D eigenvalue weighted by atomic mass is 9.99. The fraction of sp³-hybridized carbons (Fsp3) is 0.316. The molecule has 1 aliphatic heterocycles. The van der Waals surface area contributed by atoms with E-state index >= 15 is 0 Å². The Bertz CT molecular complexity index is 2060. The van der Waals surface area contributed by atoms with Crippen molar-refractivity contribution in [2.24, 2.45) is 4.99 Å². The molecule has 244 valence electrons. The molecule has 0 bridgehead atoms. The third-order valence-corrected chi connectivity index (χ3v) is 10.7. The van der Waals surface area contributed by atoms with Gasteiger partial charge >= 0.3 is 0 Å². The highest BCUT2D eigenvalue weighted by molar-refractivity contribution is 7.15. The highest BCUT2D eigenvalue weighted by atomic mass is 35.5. The van der Waals surface area contributed by atoms with Gasteiger partial charge in [-0.3, -0.25) is 19.1 Å². The van der Waals surface area contributed by atoms with E-state index < -0.39 is 6.04 Å². The Morgan fingerprint density at radius 3 is 2.60 bits per heavy atom. The van der Waals surface area contributed by atoms with E-state index in [4.69, 9.17) is 16.6 Å². The number of rotatable bonds is 11. The minimum absolute atomic E-state index is 0.166. The van der Waals surface area contributed by atoms with E-state index in [-0.39, 0.29) is 18.0 Å². The van der Waals surface area contributed by atoms with Crippen LogP contribution in [0.25, 0.3) is 16.1 Å². The Morgan fingerprint density at radius 2 is 1.77 bits per heavy atom. The number of fused-ring (bicyclic) bond motifs is 4. The number of hydrogen-bond donors (Lipinski definition) is 1. The molecule has 10 heteroatoms. The van der Waals surface area contributed by atoms with Crippen LogP contribution < -0.4 is 5.32 Å². The molecule has 4 heterocycles. The van der Waals surface area contributed by atoms with Crippen molar-refractivity contribution in [2.75, 3.05) is 11.9 Å². The first-order chi connectivity index (χ1) is 23.3. The standard InChI is InChI=1S/C38H37ClN6O2S/c1-22-23(2)48-38-34(22)35(25-12-14-29(39)15-13-25)42-33(37-44-43-24(3)45(37)38)21-30(46)8-5-4-6-16-40-36-32(9-7-17-41-36)27-11-10-26-19-31(47)20-28(26)18-27/h7,9-15,17-18,33H,4-6,8,16,19-21H2,1-3H3,(H,40,41)/t33-/m0/s1. The summed E-state index contributed by atoms with van der Waals surface area (Å²) in [5.41, 5.74) is 8.40. The monoisotopic (exact) mass is 676 g/mol. The number of pyridine rings is 1. The van der Waals surface area contributed by atoms with Gasteiger partial charge in [0, 0.05) is 65.0 Å². The molecule has 3 aromatic heterocycles. The number of aromatic nitrogens is 4. The van der Waals surface area contributed by atoms with Crippen LogP contribution >= 0.6 is 22.9 Å². The lowest BCUT2D eigenvalue weighted by Crippen LogP contribution is -2.11. The van der Waals surface area contributed by atoms with Crippen molar-refractivity contribution in [1.29, 1.82) is 0 Å². The number of carbonyl (C=O) groups is 2. The Balaban J connectivity index is 0.994. The molecule has 2 aromatic carbocycles. The molecular formula is C38H37ClN6O2S. The van der Waals surface area contributed by atoms with Crippen LogP contribution in [0.4, 0.5) is 5.82 Å². The van der Waals surface area contributed by atoms with Gasteiger partial charge in [-0.1, -0.05) is 48.4 Å². The lowest BCUT2D eigenvalue weighted by Gasteiger charge is -2.13. The average molecular weight is 677 g/mol. The van der Waals surface area contributed by atoms with Gasteiger partial charge in [-0.15, -0.1) is 21.5 Å². The molecule has 1 aliphatic carbocycles. The van der Waals surface area contributed by atoms with Crippen molar-refractivity contribution in [2.45, 2.75) is 71.8 Å². The van der Waals surface area contributed by atoms with Crippen molar-refractivity contribution in [3.63, 3.8) is 0 Å². The van der Waals surface area contributed by atoms with Crippen molar-refractivity contribution in [3.05, 3.63) is 110 Å². The average Bonchev–Trinajstić information content (AvgIpc) is 3.71. The molecule has 0 radical (unpaired) electrons. The fourth-order valence-corrected chi connectivity index (χ4v) is 8.02. The predicted octanol–water partition coefficient (Wildman–Crippen LogP) is 8.16. The first-order valence-electron chi connectivity index (χ1n) is 16.5. The fourth-order valence-electron chi connectivity index (χ4n) is 6.68. The molecule has 7 rings (SSSR count). The second kappa shape index (κ2) is 13.6. The van der Waals surface area contributed by atoms with E-state index in [0.29, 0.717) is 30.1 Å². The number of halogens is 1. The summed E-state index contributed by atoms with van der Waals surface area (Å²) in [6.45, 7) is 6.95. The molecule has 5 aromatic rings. The van der Waals surface area contributed by atoms with Gasteiger partial charge in [0.2, 0.25) is 0 Å². The molecule has 2 aliphatic rings. The zero-order chi connectivity index (χ0) is 33.4. The van der Waals surface area contributed by atoms with E-state index in [9.17, 15) is 9.59 Å². The molecule has 1 atom stereocenters. The van der Waals surface area contributed by atoms with Crippen LogP contribution in [0.5, 0.6) is 0 Å². The van der Waals surface area contributed by atoms with Gasteiger partial charge in [0.15, 0.2) is 5.82 Å². The second-order valence-corrected chi connectivity index (χ2v) is 14.3. The van der Waals surface area contributed by atoms with E-state index in [0.717, 1.165) is 81.5 Å². The number of Topliss-reactive ketones (excluding diaryl/α,β-unsaturated/α-hetero) is 2. The largest absolute Gasteiger partial charge is 0.370 e. The zero-order valence-electron chi connectivity index (χ0n) is 27.3. The summed E-state index contributed by atoms with van der Waals surface area (Å²) >= 11 is 7.94.